The van der Waals surface area contributed by atoms with Crippen LogP contribution in [0.3, 0.4) is 0 Å². The van der Waals surface area contributed by atoms with E-state index in [0.717, 1.165) is 49.3 Å². The van der Waals surface area contributed by atoms with Gasteiger partial charge in [0.15, 0.2) is 0 Å². The van der Waals surface area contributed by atoms with Crippen LogP contribution in [-0.2, 0) is 16.0 Å². The van der Waals surface area contributed by atoms with Gasteiger partial charge in [-0.1, -0.05) is 30.3 Å². The second-order valence-corrected chi connectivity index (χ2v) is 8.21. The van der Waals surface area contributed by atoms with E-state index in [9.17, 15) is 9.59 Å². The first-order valence-electron chi connectivity index (χ1n) is 9.91. The minimum atomic E-state index is -0.385. The van der Waals surface area contributed by atoms with Gasteiger partial charge in [0.25, 0.3) is 5.91 Å². The number of carbonyl (C=O) groups excluding carboxylic acids is 2. The van der Waals surface area contributed by atoms with Gasteiger partial charge in [-0.2, -0.15) is 0 Å². The van der Waals surface area contributed by atoms with Crippen LogP contribution in [0.15, 0.2) is 35.7 Å². The van der Waals surface area contributed by atoms with Crippen molar-refractivity contribution in [2.75, 3.05) is 19.7 Å². The Morgan fingerprint density at radius 2 is 2.00 bits per heavy atom. The van der Waals surface area contributed by atoms with Gasteiger partial charge in [-0.15, -0.1) is 11.3 Å². The first-order valence-corrected chi connectivity index (χ1v) is 10.8. The lowest BCUT2D eigenvalue weighted by molar-refractivity contribution is -0.130. The van der Waals surface area contributed by atoms with E-state index in [0.29, 0.717) is 18.7 Å². The molecule has 0 unspecified atom stereocenters. The van der Waals surface area contributed by atoms with Crippen molar-refractivity contribution >= 4 is 23.2 Å². The Balaban J connectivity index is 1.52. The first kappa shape index (κ1) is 19.1. The first-order chi connectivity index (χ1) is 13.7. The van der Waals surface area contributed by atoms with E-state index in [4.69, 9.17) is 4.74 Å². The molecular formula is C21H25N3O3S. The molecule has 2 fully saturated rings. The monoisotopic (exact) mass is 399 g/mol. The number of thiazole rings is 1. The molecular weight excluding hydrogens is 374 g/mol. The lowest BCUT2D eigenvalue weighted by Gasteiger charge is -2.19. The van der Waals surface area contributed by atoms with E-state index in [1.807, 2.05) is 40.6 Å². The summed E-state index contributed by atoms with van der Waals surface area (Å²) in [5, 5.41) is 5.68. The highest BCUT2D eigenvalue weighted by molar-refractivity contribution is 7.09. The van der Waals surface area contributed by atoms with Crippen LogP contribution in [0.2, 0.25) is 0 Å². The molecule has 3 heterocycles. The lowest BCUT2D eigenvalue weighted by atomic mass is 10.1. The molecule has 2 saturated heterocycles. The number of hydrogen-bond acceptors (Lipinski definition) is 5. The minimum absolute atomic E-state index is 0.0103. The number of aromatic nitrogens is 1. The molecule has 28 heavy (non-hydrogen) atoms. The molecule has 1 aromatic carbocycles. The molecule has 1 aromatic heterocycles. The molecule has 2 aromatic rings. The summed E-state index contributed by atoms with van der Waals surface area (Å²) in [5.41, 5.74) is 1.59. The fourth-order valence-electron chi connectivity index (χ4n) is 3.73. The molecule has 4 rings (SSSR count). The molecule has 0 bridgehead atoms. The fraction of sp³-hybridized carbons (Fsp3) is 0.476. The predicted octanol–water partition coefficient (Wildman–Crippen LogP) is 2.96. The quantitative estimate of drug-likeness (QED) is 0.811. The molecule has 148 valence electrons. The molecule has 6 nitrogen and oxygen atoms in total. The van der Waals surface area contributed by atoms with Gasteiger partial charge >= 0.3 is 0 Å². The van der Waals surface area contributed by atoms with Gasteiger partial charge in [-0.3, -0.25) is 9.59 Å². The maximum Gasteiger partial charge on any atom is 0.273 e. The topological polar surface area (TPSA) is 71.5 Å². The zero-order valence-corrected chi connectivity index (χ0v) is 16.6. The summed E-state index contributed by atoms with van der Waals surface area (Å²) in [5.74, 6) is -0.107. The molecule has 0 aliphatic carbocycles. The van der Waals surface area contributed by atoms with Crippen LogP contribution in [0.5, 0.6) is 0 Å². The molecule has 2 atom stereocenters. The van der Waals surface area contributed by atoms with E-state index < -0.39 is 0 Å². The highest BCUT2D eigenvalue weighted by Gasteiger charge is 2.28. The number of nitrogens with one attached hydrogen (secondary N) is 1. The van der Waals surface area contributed by atoms with E-state index in [1.54, 1.807) is 0 Å². The van der Waals surface area contributed by atoms with Crippen molar-refractivity contribution in [3.05, 3.63) is 52.0 Å². The summed E-state index contributed by atoms with van der Waals surface area (Å²) < 4.78 is 5.52. The third-order valence-electron chi connectivity index (χ3n) is 5.25. The normalized spacial score (nSPS) is 20.3. The van der Waals surface area contributed by atoms with Gasteiger partial charge in [-0.05, 0) is 37.7 Å². The number of benzene rings is 1. The second kappa shape index (κ2) is 8.84. The maximum atomic E-state index is 12.6. The van der Waals surface area contributed by atoms with Gasteiger partial charge < -0.3 is 15.0 Å². The number of rotatable bonds is 6. The highest BCUT2D eigenvalue weighted by atomic mass is 32.1. The number of hydrogen-bond donors (Lipinski definition) is 1. The van der Waals surface area contributed by atoms with Gasteiger partial charge in [0.05, 0.1) is 6.04 Å². The third kappa shape index (κ3) is 4.42. The van der Waals surface area contributed by atoms with Crippen LogP contribution < -0.4 is 5.32 Å². The Bertz CT molecular complexity index is 811. The van der Waals surface area contributed by atoms with E-state index in [1.165, 1.54) is 11.3 Å². The van der Waals surface area contributed by atoms with Crippen LogP contribution in [-0.4, -0.2) is 47.5 Å². The van der Waals surface area contributed by atoms with Gasteiger partial charge in [-0.25, -0.2) is 4.98 Å². The zero-order chi connectivity index (χ0) is 19.3. The minimum Gasteiger partial charge on any atom is -0.368 e. The average molecular weight is 400 g/mol. The van der Waals surface area contributed by atoms with Gasteiger partial charge in [0, 0.05) is 25.1 Å². The summed E-state index contributed by atoms with van der Waals surface area (Å²) in [6.07, 6.45) is 4.01. The zero-order valence-electron chi connectivity index (χ0n) is 15.8. The fourth-order valence-corrected chi connectivity index (χ4v) is 4.57. The summed E-state index contributed by atoms with van der Waals surface area (Å²) in [6, 6.07) is 9.74. The molecule has 2 amide bonds. The van der Waals surface area contributed by atoms with E-state index >= 15 is 0 Å². The summed E-state index contributed by atoms with van der Waals surface area (Å²) in [7, 11) is 0. The van der Waals surface area contributed by atoms with Crippen molar-refractivity contribution < 1.29 is 14.3 Å². The van der Waals surface area contributed by atoms with Crippen molar-refractivity contribution in [3.8, 4) is 0 Å². The summed E-state index contributed by atoms with van der Waals surface area (Å²) >= 11 is 1.43. The van der Waals surface area contributed by atoms with Crippen LogP contribution >= 0.6 is 11.3 Å². The summed E-state index contributed by atoms with van der Waals surface area (Å²) in [4.78, 5) is 31.7. The smallest absolute Gasteiger partial charge is 0.273 e. The number of nitrogens with zero attached hydrogens (tertiary/aromatic N) is 2. The van der Waals surface area contributed by atoms with Crippen LogP contribution in [0.25, 0.3) is 0 Å². The van der Waals surface area contributed by atoms with Gasteiger partial charge in [0.1, 0.15) is 16.8 Å². The third-order valence-corrected chi connectivity index (χ3v) is 6.21. The molecule has 0 saturated carbocycles. The number of ether oxygens (including phenoxy) is 1. The van der Waals surface area contributed by atoms with E-state index in [2.05, 4.69) is 10.3 Å². The number of amides is 2. The molecule has 0 radical (unpaired) electrons. The standard InChI is InChI=1S/C21H25N3O3S/c25-19(18-9-6-12-27-18)22-16(13-15-7-2-1-3-8-15)20-23-17(14-28-20)21(26)24-10-4-5-11-24/h1-3,7-8,14,16,18H,4-6,9-13H2,(H,22,25)/t16-,18+/m0/s1. The van der Waals surface area contributed by atoms with Crippen molar-refractivity contribution in [1.29, 1.82) is 0 Å². The van der Waals surface area contributed by atoms with Crippen molar-refractivity contribution in [2.45, 2.75) is 44.2 Å². The largest absolute Gasteiger partial charge is 0.368 e. The van der Waals surface area contributed by atoms with Crippen molar-refractivity contribution in [3.63, 3.8) is 0 Å². The van der Waals surface area contributed by atoms with Crippen LogP contribution in [0.1, 0.15) is 52.8 Å². The molecule has 0 spiro atoms. The van der Waals surface area contributed by atoms with Gasteiger partial charge in [0.2, 0.25) is 5.91 Å². The molecule has 2 aliphatic rings. The average Bonchev–Trinajstić information content (AvgIpc) is 3.50. The number of likely N-dealkylation sites (tertiary alicyclic amines) is 1. The highest BCUT2D eigenvalue weighted by Crippen LogP contribution is 2.25. The Hall–Kier alpha value is -2.25. The Morgan fingerprint density at radius 3 is 2.71 bits per heavy atom. The number of carbonyl (C=O) groups is 2. The maximum absolute atomic E-state index is 12.6. The second-order valence-electron chi connectivity index (χ2n) is 7.32. The van der Waals surface area contributed by atoms with Crippen molar-refractivity contribution in [1.82, 2.24) is 15.2 Å². The molecule has 7 heteroatoms. The molecule has 1 N–H and O–H groups in total. The Morgan fingerprint density at radius 1 is 1.21 bits per heavy atom. The van der Waals surface area contributed by atoms with Crippen molar-refractivity contribution in [2.24, 2.45) is 0 Å². The summed E-state index contributed by atoms with van der Waals surface area (Å²) in [6.45, 7) is 2.23. The Kier molecular flexibility index (Phi) is 6.02. The van der Waals surface area contributed by atoms with E-state index in [-0.39, 0.29) is 24.0 Å². The lowest BCUT2D eigenvalue weighted by Crippen LogP contribution is -2.37. The van der Waals surface area contributed by atoms with Crippen LogP contribution in [0, 0.1) is 0 Å². The SMILES string of the molecule is O=C(N[C@@H](Cc1ccccc1)c1nc(C(=O)N2CCCC2)cs1)[C@H]1CCCO1. The Labute approximate surface area is 168 Å². The predicted molar refractivity (Wildman–Crippen MR) is 107 cm³/mol. The van der Waals surface area contributed by atoms with Crippen LogP contribution in [0.4, 0.5) is 0 Å². The molecule has 2 aliphatic heterocycles.